The largest absolute Gasteiger partial charge is 0.379 e. The zero-order chi connectivity index (χ0) is 17.4. The van der Waals surface area contributed by atoms with Gasteiger partial charge in [0, 0.05) is 45.9 Å². The summed E-state index contributed by atoms with van der Waals surface area (Å²) < 4.78 is 5.48. The van der Waals surface area contributed by atoms with Crippen molar-refractivity contribution in [3.8, 4) is 0 Å². The zero-order valence-electron chi connectivity index (χ0n) is 15.3. The summed E-state index contributed by atoms with van der Waals surface area (Å²) in [6, 6.07) is 8.69. The summed E-state index contributed by atoms with van der Waals surface area (Å²) in [5.41, 5.74) is 2.64. The summed E-state index contributed by atoms with van der Waals surface area (Å²) in [6.45, 7) is 11.9. The van der Waals surface area contributed by atoms with Crippen molar-refractivity contribution in [2.75, 3.05) is 39.3 Å². The van der Waals surface area contributed by atoms with Crippen LogP contribution in [0.5, 0.6) is 0 Å². The Kier molecular flexibility index (Phi) is 7.53. The molecule has 5 nitrogen and oxygen atoms in total. The van der Waals surface area contributed by atoms with E-state index in [4.69, 9.17) is 4.74 Å². The molecule has 24 heavy (non-hydrogen) atoms. The number of rotatable bonds is 7. The maximum atomic E-state index is 12.2. The van der Waals surface area contributed by atoms with E-state index in [9.17, 15) is 4.79 Å². The summed E-state index contributed by atoms with van der Waals surface area (Å²) in [7, 11) is 0. The van der Waals surface area contributed by atoms with Crippen molar-refractivity contribution < 1.29 is 9.53 Å². The SMILES string of the molecule is Cc1cccc(CN2CCN(C(=O)NCCCOC(C)C)CC2)c1. The molecule has 1 aromatic rings. The monoisotopic (exact) mass is 333 g/mol. The third-order valence-corrected chi connectivity index (χ3v) is 4.20. The lowest BCUT2D eigenvalue weighted by Crippen LogP contribution is -2.51. The van der Waals surface area contributed by atoms with Gasteiger partial charge in [-0.1, -0.05) is 29.8 Å². The van der Waals surface area contributed by atoms with E-state index in [1.807, 2.05) is 18.7 Å². The molecule has 1 saturated heterocycles. The van der Waals surface area contributed by atoms with E-state index in [1.165, 1.54) is 11.1 Å². The molecule has 1 aliphatic heterocycles. The standard InChI is InChI=1S/C19H31N3O2/c1-16(2)24-13-5-8-20-19(23)22-11-9-21(10-12-22)15-18-7-4-6-17(3)14-18/h4,6-7,14,16H,5,8-13,15H2,1-3H3,(H,20,23). The number of carbonyl (C=O) groups excluding carboxylic acids is 1. The van der Waals surface area contributed by atoms with Crippen LogP contribution in [0.1, 0.15) is 31.4 Å². The fourth-order valence-electron chi connectivity index (χ4n) is 2.88. The number of aryl methyl sites for hydroxylation is 1. The Balaban J connectivity index is 1.64. The van der Waals surface area contributed by atoms with Crippen LogP contribution in [0.25, 0.3) is 0 Å². The highest BCUT2D eigenvalue weighted by atomic mass is 16.5. The predicted octanol–water partition coefficient (Wildman–Crippen LogP) is 2.64. The molecule has 1 heterocycles. The number of hydrogen-bond donors (Lipinski definition) is 1. The lowest BCUT2D eigenvalue weighted by atomic mass is 10.1. The summed E-state index contributed by atoms with van der Waals surface area (Å²) in [6.07, 6.45) is 1.11. The minimum atomic E-state index is 0.0507. The maximum Gasteiger partial charge on any atom is 0.317 e. The predicted molar refractivity (Wildman–Crippen MR) is 97.1 cm³/mol. The number of ether oxygens (including phenoxy) is 1. The molecule has 2 amide bonds. The van der Waals surface area contributed by atoms with Crippen LogP contribution >= 0.6 is 0 Å². The second-order valence-corrected chi connectivity index (χ2v) is 6.76. The molecule has 2 rings (SSSR count). The highest BCUT2D eigenvalue weighted by molar-refractivity contribution is 5.74. The average Bonchev–Trinajstić information content (AvgIpc) is 2.55. The fourth-order valence-corrected chi connectivity index (χ4v) is 2.88. The van der Waals surface area contributed by atoms with Gasteiger partial charge in [0.15, 0.2) is 0 Å². The van der Waals surface area contributed by atoms with Crippen LogP contribution in [-0.4, -0.2) is 61.3 Å². The van der Waals surface area contributed by atoms with Crippen LogP contribution in [-0.2, 0) is 11.3 Å². The van der Waals surface area contributed by atoms with Gasteiger partial charge in [0.05, 0.1) is 6.10 Å². The van der Waals surface area contributed by atoms with Gasteiger partial charge in [-0.05, 0) is 32.8 Å². The van der Waals surface area contributed by atoms with Gasteiger partial charge in [-0.25, -0.2) is 4.79 Å². The van der Waals surface area contributed by atoms with Crippen LogP contribution in [0.2, 0.25) is 0 Å². The lowest BCUT2D eigenvalue weighted by Gasteiger charge is -2.34. The molecule has 0 radical (unpaired) electrons. The molecular weight excluding hydrogens is 302 g/mol. The third kappa shape index (κ3) is 6.49. The fraction of sp³-hybridized carbons (Fsp3) is 0.632. The molecule has 1 N–H and O–H groups in total. The van der Waals surface area contributed by atoms with Crippen molar-refractivity contribution in [2.24, 2.45) is 0 Å². The first kappa shape index (κ1) is 18.7. The number of amides is 2. The Hall–Kier alpha value is -1.59. The van der Waals surface area contributed by atoms with Crippen molar-refractivity contribution in [1.82, 2.24) is 15.1 Å². The molecule has 5 heteroatoms. The van der Waals surface area contributed by atoms with Gasteiger partial charge in [0.25, 0.3) is 0 Å². The van der Waals surface area contributed by atoms with Crippen LogP contribution < -0.4 is 5.32 Å². The normalized spacial score (nSPS) is 15.8. The minimum Gasteiger partial charge on any atom is -0.379 e. The van der Waals surface area contributed by atoms with Gasteiger partial charge in [-0.2, -0.15) is 0 Å². The van der Waals surface area contributed by atoms with E-state index in [2.05, 4.69) is 41.4 Å². The van der Waals surface area contributed by atoms with Gasteiger partial charge >= 0.3 is 6.03 Å². The van der Waals surface area contributed by atoms with Crippen LogP contribution in [0.15, 0.2) is 24.3 Å². The van der Waals surface area contributed by atoms with Gasteiger partial charge in [-0.15, -0.1) is 0 Å². The molecule has 0 unspecified atom stereocenters. The highest BCUT2D eigenvalue weighted by Crippen LogP contribution is 2.10. The number of piperazine rings is 1. The van der Waals surface area contributed by atoms with Gasteiger partial charge < -0.3 is 15.0 Å². The summed E-state index contributed by atoms with van der Waals surface area (Å²) in [5, 5.41) is 2.99. The number of hydrogen-bond acceptors (Lipinski definition) is 3. The number of carbonyl (C=O) groups is 1. The molecular formula is C19H31N3O2. The van der Waals surface area contributed by atoms with E-state index in [0.717, 1.165) is 39.1 Å². The Morgan fingerprint density at radius 2 is 2.00 bits per heavy atom. The van der Waals surface area contributed by atoms with Crippen LogP contribution in [0.3, 0.4) is 0 Å². The van der Waals surface area contributed by atoms with Crippen molar-refractivity contribution in [1.29, 1.82) is 0 Å². The summed E-state index contributed by atoms with van der Waals surface area (Å²) in [4.78, 5) is 16.5. The Morgan fingerprint density at radius 3 is 2.67 bits per heavy atom. The number of urea groups is 1. The lowest BCUT2D eigenvalue weighted by molar-refractivity contribution is 0.0768. The molecule has 0 saturated carbocycles. The topological polar surface area (TPSA) is 44.8 Å². The molecule has 0 bridgehead atoms. The second kappa shape index (κ2) is 9.64. The van der Waals surface area contributed by atoms with E-state index in [1.54, 1.807) is 0 Å². The van der Waals surface area contributed by atoms with Crippen molar-refractivity contribution >= 4 is 6.03 Å². The van der Waals surface area contributed by atoms with Crippen LogP contribution in [0, 0.1) is 6.92 Å². The molecule has 0 spiro atoms. The Bertz CT molecular complexity index is 511. The Morgan fingerprint density at radius 1 is 1.25 bits per heavy atom. The van der Waals surface area contributed by atoms with E-state index in [0.29, 0.717) is 13.2 Å². The summed E-state index contributed by atoms with van der Waals surface area (Å²) >= 11 is 0. The zero-order valence-corrected chi connectivity index (χ0v) is 15.3. The average molecular weight is 333 g/mol. The van der Waals surface area contributed by atoms with Gasteiger partial charge in [-0.3, -0.25) is 4.90 Å². The van der Waals surface area contributed by atoms with E-state index in [-0.39, 0.29) is 12.1 Å². The maximum absolute atomic E-state index is 12.2. The first-order chi connectivity index (χ1) is 11.5. The number of benzene rings is 1. The van der Waals surface area contributed by atoms with Crippen molar-refractivity contribution in [3.05, 3.63) is 35.4 Å². The minimum absolute atomic E-state index is 0.0507. The molecule has 1 aromatic carbocycles. The molecule has 0 aliphatic carbocycles. The van der Waals surface area contributed by atoms with Crippen LogP contribution in [0.4, 0.5) is 4.79 Å². The number of nitrogens with zero attached hydrogens (tertiary/aromatic N) is 2. The first-order valence-corrected chi connectivity index (χ1v) is 8.97. The molecule has 1 fully saturated rings. The Labute approximate surface area is 146 Å². The summed E-state index contributed by atoms with van der Waals surface area (Å²) in [5.74, 6) is 0. The first-order valence-electron chi connectivity index (χ1n) is 8.97. The van der Waals surface area contributed by atoms with E-state index < -0.39 is 0 Å². The molecule has 1 aliphatic rings. The van der Waals surface area contributed by atoms with Crippen molar-refractivity contribution in [3.63, 3.8) is 0 Å². The quantitative estimate of drug-likeness (QED) is 0.780. The third-order valence-electron chi connectivity index (χ3n) is 4.20. The van der Waals surface area contributed by atoms with Gasteiger partial charge in [0.1, 0.15) is 0 Å². The van der Waals surface area contributed by atoms with Gasteiger partial charge in [0.2, 0.25) is 0 Å². The molecule has 0 atom stereocenters. The molecule has 0 aromatic heterocycles. The number of nitrogens with one attached hydrogen (secondary N) is 1. The smallest absolute Gasteiger partial charge is 0.317 e. The highest BCUT2D eigenvalue weighted by Gasteiger charge is 2.20. The van der Waals surface area contributed by atoms with Crippen molar-refractivity contribution in [2.45, 2.75) is 39.8 Å². The second-order valence-electron chi connectivity index (χ2n) is 6.76. The van der Waals surface area contributed by atoms with E-state index >= 15 is 0 Å². The molecule has 134 valence electrons.